The number of likely N-dealkylation sites (tertiary alicyclic amines) is 2. The van der Waals surface area contributed by atoms with Gasteiger partial charge in [0.05, 0.1) is 0 Å². The monoisotopic (exact) mass is 307 g/mol. The molecule has 0 aromatic heterocycles. The van der Waals surface area contributed by atoms with Gasteiger partial charge < -0.3 is 14.7 Å². The summed E-state index contributed by atoms with van der Waals surface area (Å²) in [6.45, 7) is 1.41. The Morgan fingerprint density at radius 3 is 2.38 bits per heavy atom. The lowest BCUT2D eigenvalue weighted by Gasteiger charge is -2.38. The maximum Gasteiger partial charge on any atom is 0.406 e. The van der Waals surface area contributed by atoms with Crippen LogP contribution < -0.4 is 0 Å². The van der Waals surface area contributed by atoms with Crippen LogP contribution in [0, 0.1) is 5.92 Å². The van der Waals surface area contributed by atoms with Crippen molar-refractivity contribution in [1.29, 1.82) is 0 Å². The van der Waals surface area contributed by atoms with E-state index in [0.717, 1.165) is 43.7 Å². The van der Waals surface area contributed by atoms with Crippen molar-refractivity contribution in [2.45, 2.75) is 37.9 Å². The number of hydrogen-bond acceptors (Lipinski definition) is 2. The molecule has 2 fully saturated rings. The Balaban J connectivity index is 1.96. The minimum atomic E-state index is -4.34. The molecule has 0 spiro atoms. The number of carbonyl (C=O) groups excluding carboxylic acids is 1. The van der Waals surface area contributed by atoms with E-state index in [4.69, 9.17) is 0 Å². The van der Waals surface area contributed by atoms with E-state index in [1.54, 1.807) is 4.90 Å². The Labute approximate surface area is 123 Å². The van der Waals surface area contributed by atoms with Gasteiger partial charge in [-0.25, -0.2) is 4.79 Å². The number of nitrogens with zero attached hydrogens (tertiary/aromatic N) is 3. The highest BCUT2D eigenvalue weighted by atomic mass is 19.4. The lowest BCUT2D eigenvalue weighted by atomic mass is 9.88. The normalized spacial score (nSPS) is 25.4. The third-order valence-corrected chi connectivity index (χ3v) is 4.60. The molecule has 21 heavy (non-hydrogen) atoms. The minimum absolute atomic E-state index is 0.113. The van der Waals surface area contributed by atoms with Crippen molar-refractivity contribution >= 4 is 6.03 Å². The molecule has 0 aromatic rings. The molecule has 2 aliphatic rings. The van der Waals surface area contributed by atoms with Crippen molar-refractivity contribution in [3.05, 3.63) is 0 Å². The first kappa shape index (κ1) is 16.4. The number of carbonyl (C=O) groups is 1. The zero-order valence-electron chi connectivity index (χ0n) is 12.7. The molecular formula is C14H24F3N3O. The number of alkyl halides is 3. The van der Waals surface area contributed by atoms with E-state index >= 15 is 0 Å². The molecule has 2 saturated heterocycles. The highest BCUT2D eigenvalue weighted by Crippen LogP contribution is 2.31. The summed E-state index contributed by atoms with van der Waals surface area (Å²) in [5.41, 5.74) is 0. The molecule has 0 N–H and O–H groups in total. The van der Waals surface area contributed by atoms with Crippen LogP contribution in [0.2, 0.25) is 0 Å². The second-order valence-corrected chi connectivity index (χ2v) is 6.30. The Morgan fingerprint density at radius 1 is 1.19 bits per heavy atom. The highest BCUT2D eigenvalue weighted by molar-refractivity contribution is 5.75. The van der Waals surface area contributed by atoms with Crippen molar-refractivity contribution in [2.24, 2.45) is 5.92 Å². The summed E-state index contributed by atoms with van der Waals surface area (Å²) in [4.78, 5) is 17.0. The maximum atomic E-state index is 12.4. The van der Waals surface area contributed by atoms with Gasteiger partial charge in [-0.05, 0) is 51.7 Å². The Morgan fingerprint density at radius 2 is 1.81 bits per heavy atom. The van der Waals surface area contributed by atoms with Gasteiger partial charge in [0.1, 0.15) is 6.54 Å². The van der Waals surface area contributed by atoms with E-state index in [-0.39, 0.29) is 6.04 Å². The minimum Gasteiger partial charge on any atom is -0.321 e. The first-order chi connectivity index (χ1) is 9.78. The first-order valence-electron chi connectivity index (χ1n) is 7.55. The van der Waals surface area contributed by atoms with Crippen LogP contribution in [0.1, 0.15) is 25.7 Å². The number of urea groups is 1. The van der Waals surface area contributed by atoms with E-state index in [1.165, 1.54) is 7.05 Å². The molecule has 122 valence electrons. The number of rotatable bonds is 2. The van der Waals surface area contributed by atoms with Gasteiger partial charge >= 0.3 is 12.2 Å². The van der Waals surface area contributed by atoms with Gasteiger partial charge in [0.25, 0.3) is 0 Å². The second-order valence-electron chi connectivity index (χ2n) is 6.30. The molecule has 2 aliphatic heterocycles. The van der Waals surface area contributed by atoms with Crippen molar-refractivity contribution in [3.63, 3.8) is 0 Å². The lowest BCUT2D eigenvalue weighted by molar-refractivity contribution is -0.138. The van der Waals surface area contributed by atoms with E-state index in [0.29, 0.717) is 12.5 Å². The first-order valence-corrected chi connectivity index (χ1v) is 7.55. The van der Waals surface area contributed by atoms with Gasteiger partial charge in [0, 0.05) is 19.6 Å². The molecule has 2 rings (SSSR count). The fraction of sp³-hybridized carbons (Fsp3) is 0.929. The SMILES string of the molecule is CN1CCC([C@@H]2CCCN2C(=O)N(C)CC(F)(F)F)CC1. The summed E-state index contributed by atoms with van der Waals surface area (Å²) in [6.07, 6.45) is -0.488. The van der Waals surface area contributed by atoms with Gasteiger partial charge in [-0.2, -0.15) is 13.2 Å². The standard InChI is InChI=1S/C14H24F3N3O/c1-18-8-5-11(6-9-18)12-4-3-7-20(12)13(21)19(2)10-14(15,16)17/h11-12H,3-10H2,1-2H3/t12-/m0/s1. The molecule has 7 heteroatoms. The van der Waals surface area contributed by atoms with Crippen LogP contribution in [-0.2, 0) is 0 Å². The molecule has 1 atom stereocenters. The van der Waals surface area contributed by atoms with Crippen LogP contribution in [0.5, 0.6) is 0 Å². The van der Waals surface area contributed by atoms with Gasteiger partial charge in [0.15, 0.2) is 0 Å². The molecule has 0 aliphatic carbocycles. The molecule has 2 heterocycles. The molecular weight excluding hydrogens is 283 g/mol. The van der Waals surface area contributed by atoms with E-state index in [9.17, 15) is 18.0 Å². The number of halogens is 3. The Hall–Kier alpha value is -0.980. The van der Waals surface area contributed by atoms with Crippen molar-refractivity contribution in [3.8, 4) is 0 Å². The van der Waals surface area contributed by atoms with Crippen LogP contribution in [0.15, 0.2) is 0 Å². The maximum absolute atomic E-state index is 12.4. The molecule has 0 saturated carbocycles. The van der Waals surface area contributed by atoms with Crippen molar-refractivity contribution in [1.82, 2.24) is 14.7 Å². The summed E-state index contributed by atoms with van der Waals surface area (Å²) < 4.78 is 37.3. The summed E-state index contributed by atoms with van der Waals surface area (Å²) in [6, 6.07) is -0.365. The Bertz CT molecular complexity index is 367. The quantitative estimate of drug-likeness (QED) is 0.783. The van der Waals surface area contributed by atoms with Gasteiger partial charge in [0.2, 0.25) is 0 Å². The largest absolute Gasteiger partial charge is 0.406 e. The van der Waals surface area contributed by atoms with Crippen LogP contribution in [0.3, 0.4) is 0 Å². The molecule has 0 aromatic carbocycles. The fourth-order valence-electron chi connectivity index (χ4n) is 3.49. The number of hydrogen-bond donors (Lipinski definition) is 0. The van der Waals surface area contributed by atoms with E-state index < -0.39 is 18.8 Å². The molecule has 2 amide bonds. The van der Waals surface area contributed by atoms with E-state index in [1.807, 2.05) is 0 Å². The average molecular weight is 307 g/mol. The van der Waals surface area contributed by atoms with Gasteiger partial charge in [-0.1, -0.05) is 0 Å². The van der Waals surface area contributed by atoms with Crippen LogP contribution in [-0.4, -0.2) is 73.2 Å². The molecule has 0 unspecified atom stereocenters. The highest BCUT2D eigenvalue weighted by Gasteiger charge is 2.39. The van der Waals surface area contributed by atoms with Crippen molar-refractivity contribution < 1.29 is 18.0 Å². The van der Waals surface area contributed by atoms with Gasteiger partial charge in [-0.15, -0.1) is 0 Å². The predicted octanol–water partition coefficient (Wildman–Crippen LogP) is 2.41. The zero-order chi connectivity index (χ0) is 15.6. The second kappa shape index (κ2) is 6.42. The zero-order valence-corrected chi connectivity index (χ0v) is 12.7. The molecule has 0 radical (unpaired) electrons. The predicted molar refractivity (Wildman–Crippen MR) is 74.0 cm³/mol. The average Bonchev–Trinajstić information content (AvgIpc) is 2.85. The van der Waals surface area contributed by atoms with Crippen LogP contribution in [0.25, 0.3) is 0 Å². The third-order valence-electron chi connectivity index (χ3n) is 4.60. The van der Waals surface area contributed by atoms with E-state index in [2.05, 4.69) is 11.9 Å². The lowest BCUT2D eigenvalue weighted by Crippen LogP contribution is -2.50. The summed E-state index contributed by atoms with van der Waals surface area (Å²) in [7, 11) is 3.31. The smallest absolute Gasteiger partial charge is 0.321 e. The number of piperidine rings is 1. The third kappa shape index (κ3) is 4.25. The number of amides is 2. The Kier molecular flexibility index (Phi) is 5.01. The van der Waals surface area contributed by atoms with Crippen molar-refractivity contribution in [2.75, 3.05) is 40.3 Å². The van der Waals surface area contributed by atoms with Crippen LogP contribution in [0.4, 0.5) is 18.0 Å². The summed E-state index contributed by atoms with van der Waals surface area (Å²) >= 11 is 0. The van der Waals surface area contributed by atoms with Crippen LogP contribution >= 0.6 is 0 Å². The molecule has 4 nitrogen and oxygen atoms in total. The molecule has 0 bridgehead atoms. The topological polar surface area (TPSA) is 26.8 Å². The summed E-state index contributed by atoms with van der Waals surface area (Å²) in [5, 5.41) is 0. The fourth-order valence-corrected chi connectivity index (χ4v) is 3.49. The summed E-state index contributed by atoms with van der Waals surface area (Å²) in [5.74, 6) is 0.423. The van der Waals surface area contributed by atoms with Gasteiger partial charge in [-0.3, -0.25) is 0 Å².